The molecular weight excluding hydrogens is 255 g/mol. The minimum absolute atomic E-state index is 0.0204. The highest BCUT2D eigenvalue weighted by Gasteiger charge is 2.23. The zero-order chi connectivity index (χ0) is 14.7. The van der Waals surface area contributed by atoms with Crippen molar-refractivity contribution >= 4 is 11.5 Å². The van der Waals surface area contributed by atoms with Gasteiger partial charge in [0.15, 0.2) is 0 Å². The number of piperazine rings is 1. The predicted molar refractivity (Wildman–Crippen MR) is 78.7 cm³/mol. The van der Waals surface area contributed by atoms with Gasteiger partial charge in [-0.2, -0.15) is 0 Å². The van der Waals surface area contributed by atoms with Crippen LogP contribution in [-0.4, -0.2) is 36.0 Å². The number of carbonyl (C=O) groups is 1. The number of benzene rings is 1. The topological polar surface area (TPSA) is 32.3 Å². The Balaban J connectivity index is 2.09. The third-order valence-corrected chi connectivity index (χ3v) is 3.51. The van der Waals surface area contributed by atoms with Crippen LogP contribution in [0.25, 0.3) is 5.57 Å². The molecule has 1 amide bonds. The summed E-state index contributed by atoms with van der Waals surface area (Å²) >= 11 is 0. The van der Waals surface area contributed by atoms with Crippen LogP contribution in [0.4, 0.5) is 4.39 Å². The maximum atomic E-state index is 12.9. The van der Waals surface area contributed by atoms with Crippen molar-refractivity contribution in [1.82, 2.24) is 10.2 Å². The zero-order valence-electron chi connectivity index (χ0n) is 12.2. The monoisotopic (exact) mass is 276 g/mol. The van der Waals surface area contributed by atoms with Crippen LogP contribution in [0.3, 0.4) is 0 Å². The van der Waals surface area contributed by atoms with Gasteiger partial charge in [0.25, 0.3) is 0 Å². The zero-order valence-corrected chi connectivity index (χ0v) is 12.2. The fraction of sp³-hybridized carbons (Fsp3) is 0.438. The highest BCUT2D eigenvalue weighted by Crippen LogP contribution is 2.15. The van der Waals surface area contributed by atoms with E-state index in [1.165, 1.54) is 12.1 Å². The molecule has 1 aromatic rings. The Kier molecular flexibility index (Phi) is 4.55. The van der Waals surface area contributed by atoms with E-state index in [4.69, 9.17) is 0 Å². The Bertz CT molecular complexity index is 500. The lowest BCUT2D eigenvalue weighted by Crippen LogP contribution is -2.55. The number of halogens is 1. The van der Waals surface area contributed by atoms with Gasteiger partial charge in [0.2, 0.25) is 5.91 Å². The number of carbonyl (C=O) groups excluding carboxylic acids is 1. The highest BCUT2D eigenvalue weighted by molar-refractivity contribution is 5.95. The van der Waals surface area contributed by atoms with Crippen LogP contribution in [-0.2, 0) is 4.79 Å². The molecule has 1 N–H and O–H groups in total. The van der Waals surface area contributed by atoms with E-state index in [2.05, 4.69) is 19.2 Å². The van der Waals surface area contributed by atoms with Gasteiger partial charge in [0.1, 0.15) is 5.82 Å². The van der Waals surface area contributed by atoms with Gasteiger partial charge in [-0.15, -0.1) is 0 Å². The van der Waals surface area contributed by atoms with Crippen molar-refractivity contribution in [1.29, 1.82) is 0 Å². The van der Waals surface area contributed by atoms with E-state index in [1.807, 2.05) is 11.8 Å². The Morgan fingerprint density at radius 2 is 1.80 bits per heavy atom. The van der Waals surface area contributed by atoms with Crippen LogP contribution in [0.5, 0.6) is 0 Å². The lowest BCUT2D eigenvalue weighted by Gasteiger charge is -2.35. The summed E-state index contributed by atoms with van der Waals surface area (Å²) in [6.45, 7) is 7.46. The molecule has 2 rings (SSSR count). The van der Waals surface area contributed by atoms with Crippen molar-refractivity contribution in [2.45, 2.75) is 32.9 Å². The van der Waals surface area contributed by atoms with Gasteiger partial charge in [-0.05, 0) is 44.0 Å². The molecule has 1 aromatic carbocycles. The molecule has 20 heavy (non-hydrogen) atoms. The molecule has 1 saturated heterocycles. The number of nitrogens with zero attached hydrogens (tertiary/aromatic N) is 1. The van der Waals surface area contributed by atoms with E-state index in [0.29, 0.717) is 12.1 Å². The van der Waals surface area contributed by atoms with Crippen molar-refractivity contribution in [3.63, 3.8) is 0 Å². The second-order valence-corrected chi connectivity index (χ2v) is 5.55. The number of rotatable bonds is 2. The van der Waals surface area contributed by atoms with E-state index in [-0.39, 0.29) is 11.7 Å². The van der Waals surface area contributed by atoms with Crippen molar-refractivity contribution in [3.8, 4) is 0 Å². The minimum Gasteiger partial charge on any atom is -0.336 e. The largest absolute Gasteiger partial charge is 0.336 e. The Labute approximate surface area is 119 Å². The Hall–Kier alpha value is -1.68. The van der Waals surface area contributed by atoms with Crippen molar-refractivity contribution in [2.75, 3.05) is 13.1 Å². The van der Waals surface area contributed by atoms with Crippen molar-refractivity contribution < 1.29 is 9.18 Å². The Morgan fingerprint density at radius 1 is 1.25 bits per heavy atom. The molecule has 1 heterocycles. The lowest BCUT2D eigenvalue weighted by molar-refractivity contribution is -0.127. The van der Waals surface area contributed by atoms with Gasteiger partial charge >= 0.3 is 0 Å². The summed E-state index contributed by atoms with van der Waals surface area (Å²) in [4.78, 5) is 14.1. The van der Waals surface area contributed by atoms with Crippen LogP contribution >= 0.6 is 0 Å². The lowest BCUT2D eigenvalue weighted by atomic mass is 10.1. The number of allylic oxidation sites excluding steroid dienone is 1. The summed E-state index contributed by atoms with van der Waals surface area (Å²) in [6, 6.07) is 6.82. The molecule has 1 aliphatic rings. The maximum Gasteiger partial charge on any atom is 0.246 e. The normalized spacial score (nSPS) is 23.8. The summed E-state index contributed by atoms with van der Waals surface area (Å²) in [5.74, 6) is -0.246. The molecule has 0 saturated carbocycles. The van der Waals surface area contributed by atoms with E-state index in [0.717, 1.165) is 24.2 Å². The van der Waals surface area contributed by atoms with Crippen LogP contribution < -0.4 is 5.32 Å². The quantitative estimate of drug-likeness (QED) is 0.841. The molecule has 0 aromatic heterocycles. The summed E-state index contributed by atoms with van der Waals surface area (Å²) in [7, 11) is 0. The van der Waals surface area contributed by atoms with Gasteiger partial charge in [-0.1, -0.05) is 12.1 Å². The molecule has 3 nitrogen and oxygen atoms in total. The van der Waals surface area contributed by atoms with Crippen molar-refractivity contribution in [3.05, 3.63) is 41.7 Å². The summed E-state index contributed by atoms with van der Waals surface area (Å²) < 4.78 is 12.9. The van der Waals surface area contributed by atoms with Gasteiger partial charge in [0.05, 0.1) is 0 Å². The fourth-order valence-corrected chi connectivity index (χ4v) is 2.58. The summed E-state index contributed by atoms with van der Waals surface area (Å²) in [5, 5.41) is 3.40. The second-order valence-electron chi connectivity index (χ2n) is 5.55. The average Bonchev–Trinajstić information content (AvgIpc) is 2.38. The van der Waals surface area contributed by atoms with E-state index >= 15 is 0 Å². The standard InChI is InChI=1S/C16H21FN2O/c1-11(14-4-6-15(17)7-5-14)8-16(20)19-9-12(2)18-13(3)10-19/h4-8,12-13,18H,9-10H2,1-3H3/b11-8-. The summed E-state index contributed by atoms with van der Waals surface area (Å²) in [6.07, 6.45) is 1.64. The highest BCUT2D eigenvalue weighted by atomic mass is 19.1. The van der Waals surface area contributed by atoms with E-state index in [1.54, 1.807) is 18.2 Å². The molecule has 0 bridgehead atoms. The first-order chi connectivity index (χ1) is 9.45. The van der Waals surface area contributed by atoms with E-state index in [9.17, 15) is 9.18 Å². The molecular formula is C16H21FN2O. The van der Waals surface area contributed by atoms with Gasteiger partial charge < -0.3 is 10.2 Å². The van der Waals surface area contributed by atoms with E-state index < -0.39 is 0 Å². The third kappa shape index (κ3) is 3.67. The second kappa shape index (κ2) is 6.18. The molecule has 4 heteroatoms. The van der Waals surface area contributed by atoms with Crippen LogP contribution in [0.2, 0.25) is 0 Å². The smallest absolute Gasteiger partial charge is 0.246 e. The third-order valence-electron chi connectivity index (χ3n) is 3.51. The van der Waals surface area contributed by atoms with Crippen LogP contribution in [0.1, 0.15) is 26.3 Å². The SMILES string of the molecule is C/C(=C/C(=O)N1CC(C)NC(C)C1)c1ccc(F)cc1. The average molecular weight is 276 g/mol. The number of hydrogen-bond donors (Lipinski definition) is 1. The van der Waals surface area contributed by atoms with Gasteiger partial charge in [-0.3, -0.25) is 4.79 Å². The molecule has 2 unspecified atom stereocenters. The fourth-order valence-electron chi connectivity index (χ4n) is 2.58. The first-order valence-electron chi connectivity index (χ1n) is 6.95. The number of nitrogens with one attached hydrogen (secondary N) is 1. The molecule has 2 atom stereocenters. The molecule has 108 valence electrons. The number of hydrogen-bond acceptors (Lipinski definition) is 2. The molecule has 1 fully saturated rings. The number of amides is 1. The van der Waals surface area contributed by atoms with Crippen molar-refractivity contribution in [2.24, 2.45) is 0 Å². The predicted octanol–water partition coefficient (Wildman–Crippen LogP) is 2.44. The van der Waals surface area contributed by atoms with Crippen LogP contribution in [0.15, 0.2) is 30.3 Å². The molecule has 0 aliphatic carbocycles. The molecule has 0 radical (unpaired) electrons. The minimum atomic E-state index is -0.266. The van der Waals surface area contributed by atoms with Gasteiger partial charge in [0, 0.05) is 31.2 Å². The van der Waals surface area contributed by atoms with Gasteiger partial charge in [-0.25, -0.2) is 4.39 Å². The first kappa shape index (κ1) is 14.7. The molecule has 1 aliphatic heterocycles. The summed E-state index contributed by atoms with van der Waals surface area (Å²) in [5.41, 5.74) is 1.73. The molecule has 0 spiro atoms. The maximum absolute atomic E-state index is 12.9. The van der Waals surface area contributed by atoms with Crippen LogP contribution in [0, 0.1) is 5.82 Å². The first-order valence-corrected chi connectivity index (χ1v) is 6.95. The Morgan fingerprint density at radius 3 is 2.35 bits per heavy atom.